The fourth-order valence-corrected chi connectivity index (χ4v) is 7.41. The molecule has 1 amide bonds. The van der Waals surface area contributed by atoms with Gasteiger partial charge in [-0.1, -0.05) is 23.8 Å². The van der Waals surface area contributed by atoms with Crippen LogP contribution in [-0.4, -0.2) is 63.6 Å². The zero-order valence-electron chi connectivity index (χ0n) is 20.3. The first-order valence-corrected chi connectivity index (χ1v) is 15.1. The van der Waals surface area contributed by atoms with Crippen LogP contribution in [0.5, 0.6) is 0 Å². The van der Waals surface area contributed by atoms with Gasteiger partial charge in [0.1, 0.15) is 5.03 Å². The van der Waals surface area contributed by atoms with Crippen LogP contribution >= 0.6 is 30.1 Å². The molecule has 0 N–H and O–H groups in total. The minimum Gasteiger partial charge on any atom is -0.337 e. The van der Waals surface area contributed by atoms with Crippen molar-refractivity contribution in [3.63, 3.8) is 0 Å². The summed E-state index contributed by atoms with van der Waals surface area (Å²) in [6.07, 6.45) is 4.30. The van der Waals surface area contributed by atoms with E-state index in [1.165, 1.54) is 0 Å². The number of hydrogen-bond acceptors (Lipinski definition) is 8. The lowest BCUT2D eigenvalue weighted by molar-refractivity contribution is -0.131. The topological polar surface area (TPSA) is 78.7 Å². The molecule has 1 fully saturated rings. The number of nitrogens with zero attached hydrogens (tertiary/aromatic N) is 4. The van der Waals surface area contributed by atoms with Crippen molar-refractivity contribution >= 4 is 36.0 Å². The predicted octanol–water partition coefficient (Wildman–Crippen LogP) is 5.88. The molecule has 0 radical (unpaired) electrons. The number of rotatable bonds is 14. The van der Waals surface area contributed by atoms with E-state index in [0.29, 0.717) is 26.0 Å². The lowest BCUT2D eigenvalue weighted by atomic mass is 10.1. The van der Waals surface area contributed by atoms with Crippen molar-refractivity contribution in [1.82, 2.24) is 14.6 Å². The largest absolute Gasteiger partial charge is 0.337 e. The highest BCUT2D eigenvalue weighted by Gasteiger charge is 2.38. The van der Waals surface area contributed by atoms with Gasteiger partial charge in [-0.25, -0.2) is 9.65 Å². The Morgan fingerprint density at radius 2 is 2.12 bits per heavy atom. The molecule has 2 heterocycles. The van der Waals surface area contributed by atoms with Gasteiger partial charge in [0.2, 0.25) is 5.91 Å². The highest BCUT2D eigenvalue weighted by Crippen LogP contribution is 2.48. The van der Waals surface area contributed by atoms with Crippen LogP contribution in [-0.2, 0) is 13.8 Å². The Morgan fingerprint density at radius 1 is 1.36 bits per heavy atom. The molecule has 1 saturated heterocycles. The van der Waals surface area contributed by atoms with Crippen LogP contribution in [0.3, 0.4) is 0 Å². The van der Waals surface area contributed by atoms with Crippen LogP contribution in [0.15, 0.2) is 29.4 Å². The first-order chi connectivity index (χ1) is 15.9. The number of carbonyl (C=O) groups is 1. The first kappa shape index (κ1) is 28.4. The number of amides is 1. The highest BCUT2D eigenvalue weighted by molar-refractivity contribution is 8.76. The molecule has 0 aliphatic carbocycles. The SMILES string of the molecule is CC[C@@H]1C[C@@H](OP(OCCC#N)N(C(C)C)C(C)C)CN1C(=O)CCSSc1ccccn1. The Morgan fingerprint density at radius 3 is 2.73 bits per heavy atom. The van der Waals surface area contributed by atoms with E-state index in [9.17, 15) is 4.79 Å². The average Bonchev–Trinajstić information content (AvgIpc) is 3.20. The van der Waals surface area contributed by atoms with Gasteiger partial charge in [0, 0.05) is 43.0 Å². The van der Waals surface area contributed by atoms with Crippen LogP contribution in [0.4, 0.5) is 0 Å². The van der Waals surface area contributed by atoms with Crippen LogP contribution in [0.25, 0.3) is 0 Å². The summed E-state index contributed by atoms with van der Waals surface area (Å²) >= 11 is 0. The van der Waals surface area contributed by atoms with Gasteiger partial charge in [-0.2, -0.15) is 5.26 Å². The molecule has 3 atom stereocenters. The molecule has 1 aromatic rings. The van der Waals surface area contributed by atoms with E-state index < -0.39 is 8.53 Å². The van der Waals surface area contributed by atoms with Gasteiger partial charge < -0.3 is 13.9 Å². The minimum absolute atomic E-state index is 0.0531. The lowest BCUT2D eigenvalue weighted by Gasteiger charge is -2.36. The van der Waals surface area contributed by atoms with E-state index in [0.717, 1.165) is 23.6 Å². The molecule has 184 valence electrons. The third-order valence-corrected chi connectivity index (χ3v) is 9.70. The highest BCUT2D eigenvalue weighted by atomic mass is 33.1. The Labute approximate surface area is 208 Å². The summed E-state index contributed by atoms with van der Waals surface area (Å²) in [5.74, 6) is 0.929. The zero-order chi connectivity index (χ0) is 24.2. The summed E-state index contributed by atoms with van der Waals surface area (Å²) in [5.41, 5.74) is 0. The number of hydrogen-bond donors (Lipinski definition) is 0. The molecule has 0 spiro atoms. The van der Waals surface area contributed by atoms with E-state index in [-0.39, 0.29) is 30.1 Å². The maximum Gasteiger partial charge on any atom is 0.259 e. The maximum absolute atomic E-state index is 13.0. The average molecular weight is 513 g/mol. The van der Waals surface area contributed by atoms with Crippen molar-refractivity contribution in [3.05, 3.63) is 24.4 Å². The number of nitriles is 1. The molecule has 0 aromatic carbocycles. The summed E-state index contributed by atoms with van der Waals surface area (Å²) in [4.78, 5) is 19.3. The van der Waals surface area contributed by atoms with Crippen LogP contribution in [0.1, 0.15) is 60.3 Å². The van der Waals surface area contributed by atoms with Crippen molar-refractivity contribution in [2.24, 2.45) is 0 Å². The summed E-state index contributed by atoms with van der Waals surface area (Å²) in [5, 5.41) is 9.87. The molecular formula is C23H37N4O3PS2. The van der Waals surface area contributed by atoms with Crippen molar-refractivity contribution in [2.75, 3.05) is 18.9 Å². The monoisotopic (exact) mass is 512 g/mol. The van der Waals surface area contributed by atoms with Crippen molar-refractivity contribution < 1.29 is 13.8 Å². The van der Waals surface area contributed by atoms with Gasteiger partial charge >= 0.3 is 0 Å². The van der Waals surface area contributed by atoms with E-state index >= 15 is 0 Å². The lowest BCUT2D eigenvalue weighted by Crippen LogP contribution is -2.36. The fourth-order valence-electron chi connectivity index (χ4n) is 3.84. The number of pyridine rings is 1. The molecule has 7 nitrogen and oxygen atoms in total. The third-order valence-electron chi connectivity index (χ3n) is 5.25. The van der Waals surface area contributed by atoms with E-state index in [4.69, 9.17) is 14.3 Å². The smallest absolute Gasteiger partial charge is 0.259 e. The molecular weight excluding hydrogens is 475 g/mol. The van der Waals surface area contributed by atoms with Crippen LogP contribution < -0.4 is 0 Å². The quantitative estimate of drug-likeness (QED) is 0.174. The minimum atomic E-state index is -1.30. The molecule has 1 unspecified atom stereocenters. The fraction of sp³-hybridized carbons (Fsp3) is 0.696. The second-order valence-corrected chi connectivity index (χ2v) is 12.3. The maximum atomic E-state index is 13.0. The summed E-state index contributed by atoms with van der Waals surface area (Å²) in [6.45, 7) is 11.6. The van der Waals surface area contributed by atoms with E-state index in [1.54, 1.807) is 27.8 Å². The summed E-state index contributed by atoms with van der Waals surface area (Å²) in [7, 11) is 1.97. The van der Waals surface area contributed by atoms with Gasteiger partial charge in [-0.15, -0.1) is 0 Å². The van der Waals surface area contributed by atoms with E-state index in [1.807, 2.05) is 23.1 Å². The standard InChI is InChI=1S/C23H37N4O3PS2/c1-6-20-16-21(30-31(29-14-9-12-24)27(18(2)3)19(4)5)17-26(20)23(28)11-15-32-33-22-10-7-8-13-25-22/h7-8,10,13,18-21H,6,9,11,14-17H2,1-5H3/t20-,21-,31?/m1/s1. The van der Waals surface area contributed by atoms with Gasteiger partial charge in [-0.05, 0) is 63.5 Å². The first-order valence-electron chi connectivity index (χ1n) is 11.6. The Kier molecular flexibility index (Phi) is 13.0. The second kappa shape index (κ2) is 15.2. The van der Waals surface area contributed by atoms with Crippen LogP contribution in [0, 0.1) is 11.3 Å². The Hall–Kier alpha value is -0.880. The van der Waals surface area contributed by atoms with Crippen molar-refractivity contribution in [2.45, 2.75) is 89.6 Å². The molecule has 10 heteroatoms. The molecule has 1 aromatic heterocycles. The second-order valence-electron chi connectivity index (χ2n) is 8.44. The molecule has 33 heavy (non-hydrogen) atoms. The molecule has 1 aliphatic rings. The zero-order valence-corrected chi connectivity index (χ0v) is 22.9. The number of aromatic nitrogens is 1. The predicted molar refractivity (Wildman–Crippen MR) is 138 cm³/mol. The van der Waals surface area contributed by atoms with E-state index in [2.05, 4.69) is 50.3 Å². The van der Waals surface area contributed by atoms with Gasteiger partial charge in [0.05, 0.1) is 25.2 Å². The third kappa shape index (κ3) is 9.35. The normalized spacial score (nSPS) is 19.4. The van der Waals surface area contributed by atoms with Crippen molar-refractivity contribution in [3.8, 4) is 6.07 Å². The molecule has 0 bridgehead atoms. The van der Waals surface area contributed by atoms with Gasteiger partial charge in [-0.3, -0.25) is 4.79 Å². The Balaban J connectivity index is 1.92. The summed E-state index contributed by atoms with van der Waals surface area (Å²) in [6, 6.07) is 8.69. The molecule has 0 saturated carbocycles. The molecule has 1 aliphatic heterocycles. The number of carbonyl (C=O) groups excluding carboxylic acids is 1. The number of likely N-dealkylation sites (tertiary alicyclic amines) is 1. The molecule has 2 rings (SSSR count). The summed E-state index contributed by atoms with van der Waals surface area (Å²) < 4.78 is 14.8. The van der Waals surface area contributed by atoms with Gasteiger partial charge in [0.25, 0.3) is 8.53 Å². The van der Waals surface area contributed by atoms with Gasteiger partial charge in [0.15, 0.2) is 0 Å². The Bertz CT molecular complexity index is 743. The van der Waals surface area contributed by atoms with Crippen LogP contribution in [0.2, 0.25) is 0 Å². The van der Waals surface area contributed by atoms with Crippen molar-refractivity contribution in [1.29, 1.82) is 5.26 Å².